The zero-order valence-electron chi connectivity index (χ0n) is 14.8. The highest BCUT2D eigenvalue weighted by molar-refractivity contribution is 7.21. The Hall–Kier alpha value is -2.62. The molecule has 0 atom stereocenters. The summed E-state index contributed by atoms with van der Waals surface area (Å²) in [6, 6.07) is 24.9. The lowest BCUT2D eigenvalue weighted by Crippen LogP contribution is -2.02. The number of halogens is 1. The predicted octanol–water partition coefficient (Wildman–Crippen LogP) is 6.93. The summed E-state index contributed by atoms with van der Waals surface area (Å²) in [6.07, 6.45) is 0. The summed E-state index contributed by atoms with van der Waals surface area (Å²) in [7, 11) is 0. The van der Waals surface area contributed by atoms with E-state index in [9.17, 15) is 0 Å². The highest BCUT2D eigenvalue weighted by Gasteiger charge is 2.19. The summed E-state index contributed by atoms with van der Waals surface area (Å²) < 4.78 is 3.56. The quantitative estimate of drug-likeness (QED) is 0.327. The second kappa shape index (κ2) is 6.52. The van der Waals surface area contributed by atoms with Crippen molar-refractivity contribution in [1.82, 2.24) is 9.55 Å². The van der Waals surface area contributed by atoms with Crippen LogP contribution in [0.1, 0.15) is 11.3 Å². The van der Waals surface area contributed by atoms with Crippen LogP contribution in [-0.2, 0) is 6.54 Å². The normalized spacial score (nSPS) is 11.5. The first-order valence-electron chi connectivity index (χ1n) is 8.89. The Morgan fingerprint density at radius 1 is 0.926 bits per heavy atom. The van der Waals surface area contributed by atoms with Gasteiger partial charge in [-0.3, -0.25) is 0 Å². The van der Waals surface area contributed by atoms with Crippen LogP contribution < -0.4 is 0 Å². The summed E-state index contributed by atoms with van der Waals surface area (Å²) in [5.41, 5.74) is 5.83. The van der Waals surface area contributed by atoms with Gasteiger partial charge in [-0.25, -0.2) is 4.98 Å². The fourth-order valence-electron chi connectivity index (χ4n) is 3.68. The van der Waals surface area contributed by atoms with E-state index in [2.05, 4.69) is 60.0 Å². The number of hydrogen-bond acceptors (Lipinski definition) is 2. The second-order valence-electron chi connectivity index (χ2n) is 6.64. The van der Waals surface area contributed by atoms with Gasteiger partial charge in [0.25, 0.3) is 0 Å². The Bertz CT molecular complexity index is 1250. The van der Waals surface area contributed by atoms with E-state index < -0.39 is 0 Å². The molecule has 0 bridgehead atoms. The van der Waals surface area contributed by atoms with E-state index in [4.69, 9.17) is 16.6 Å². The molecule has 0 radical (unpaired) electrons. The van der Waals surface area contributed by atoms with Crippen LogP contribution in [0, 0.1) is 6.92 Å². The van der Waals surface area contributed by atoms with Crippen LogP contribution in [0.4, 0.5) is 0 Å². The Morgan fingerprint density at radius 2 is 1.67 bits per heavy atom. The number of fused-ring (bicyclic) bond motifs is 2. The zero-order chi connectivity index (χ0) is 18.4. The summed E-state index contributed by atoms with van der Waals surface area (Å²) in [6.45, 7) is 2.93. The van der Waals surface area contributed by atoms with Gasteiger partial charge in [0.05, 0.1) is 10.2 Å². The Balaban J connectivity index is 1.74. The van der Waals surface area contributed by atoms with Crippen LogP contribution >= 0.6 is 22.9 Å². The molecule has 0 fully saturated rings. The number of benzene rings is 3. The highest BCUT2D eigenvalue weighted by atomic mass is 35.5. The maximum Gasteiger partial charge on any atom is 0.127 e. The molecule has 5 aromatic rings. The fraction of sp³-hybridized carbons (Fsp3) is 0.0870. The van der Waals surface area contributed by atoms with E-state index in [1.807, 2.05) is 24.3 Å². The van der Waals surface area contributed by atoms with Crippen LogP contribution in [0.15, 0.2) is 72.8 Å². The molecule has 0 saturated heterocycles. The molecule has 0 N–H and O–H groups in total. The van der Waals surface area contributed by atoms with Gasteiger partial charge < -0.3 is 4.57 Å². The molecule has 0 saturated carbocycles. The summed E-state index contributed by atoms with van der Waals surface area (Å²) in [5, 5.41) is 3.11. The molecule has 0 spiro atoms. The van der Waals surface area contributed by atoms with Crippen LogP contribution in [0.5, 0.6) is 0 Å². The minimum atomic E-state index is 0.747. The third-order valence-corrected chi connectivity index (χ3v) is 6.45. The highest BCUT2D eigenvalue weighted by Crippen LogP contribution is 2.39. The number of nitrogens with zero attached hydrogens (tertiary/aromatic N) is 2. The molecule has 0 unspecified atom stereocenters. The van der Waals surface area contributed by atoms with Crippen molar-refractivity contribution in [2.45, 2.75) is 13.5 Å². The zero-order valence-corrected chi connectivity index (χ0v) is 16.4. The molecule has 27 heavy (non-hydrogen) atoms. The van der Waals surface area contributed by atoms with Crippen LogP contribution in [0.3, 0.4) is 0 Å². The van der Waals surface area contributed by atoms with E-state index in [0.717, 1.165) is 27.7 Å². The average molecular weight is 389 g/mol. The molecular weight excluding hydrogens is 372 g/mol. The fourth-order valence-corrected chi connectivity index (χ4v) is 4.95. The van der Waals surface area contributed by atoms with Gasteiger partial charge in [0.1, 0.15) is 5.01 Å². The van der Waals surface area contributed by atoms with Gasteiger partial charge in [0.15, 0.2) is 0 Å². The first-order chi connectivity index (χ1) is 13.2. The third kappa shape index (κ3) is 2.75. The van der Waals surface area contributed by atoms with E-state index in [1.54, 1.807) is 11.3 Å². The molecule has 0 aliphatic rings. The Kier molecular flexibility index (Phi) is 4.00. The number of thiazole rings is 1. The van der Waals surface area contributed by atoms with Gasteiger partial charge >= 0.3 is 0 Å². The minimum absolute atomic E-state index is 0.747. The number of rotatable bonds is 3. The summed E-state index contributed by atoms with van der Waals surface area (Å²) in [4.78, 5) is 4.91. The van der Waals surface area contributed by atoms with Gasteiger partial charge in [-0.2, -0.15) is 0 Å². The van der Waals surface area contributed by atoms with E-state index >= 15 is 0 Å². The van der Waals surface area contributed by atoms with Crippen molar-refractivity contribution in [2.75, 3.05) is 0 Å². The van der Waals surface area contributed by atoms with Crippen molar-refractivity contribution in [3.8, 4) is 10.6 Å². The maximum atomic E-state index is 6.43. The third-order valence-electron chi connectivity index (χ3n) is 5.02. The average Bonchev–Trinajstić information content (AvgIpc) is 3.22. The van der Waals surface area contributed by atoms with Crippen molar-refractivity contribution < 1.29 is 0 Å². The minimum Gasteiger partial charge on any atom is -0.340 e. The topological polar surface area (TPSA) is 17.8 Å². The molecule has 2 aromatic heterocycles. The van der Waals surface area contributed by atoms with E-state index in [-0.39, 0.29) is 0 Å². The summed E-state index contributed by atoms with van der Waals surface area (Å²) >= 11 is 8.18. The van der Waals surface area contributed by atoms with Crippen molar-refractivity contribution >= 4 is 44.1 Å². The van der Waals surface area contributed by atoms with Gasteiger partial charge in [-0.1, -0.05) is 60.1 Å². The molecular formula is C23H17ClN2S. The summed E-state index contributed by atoms with van der Waals surface area (Å²) in [5.74, 6) is 0. The molecule has 2 nitrogen and oxygen atoms in total. The van der Waals surface area contributed by atoms with Crippen molar-refractivity contribution in [3.63, 3.8) is 0 Å². The molecule has 3 aromatic carbocycles. The van der Waals surface area contributed by atoms with Crippen LogP contribution in [-0.4, -0.2) is 9.55 Å². The molecule has 0 aliphatic carbocycles. The maximum absolute atomic E-state index is 6.43. The number of para-hydroxylation sites is 2. The monoisotopic (exact) mass is 388 g/mol. The Labute approximate surface area is 166 Å². The lowest BCUT2D eigenvalue weighted by Gasteiger charge is -2.10. The largest absolute Gasteiger partial charge is 0.340 e. The lowest BCUT2D eigenvalue weighted by atomic mass is 10.1. The van der Waals surface area contributed by atoms with Crippen LogP contribution in [0.2, 0.25) is 5.02 Å². The van der Waals surface area contributed by atoms with Crippen molar-refractivity contribution in [2.24, 2.45) is 0 Å². The van der Waals surface area contributed by atoms with Gasteiger partial charge in [-0.15, -0.1) is 11.3 Å². The van der Waals surface area contributed by atoms with Gasteiger partial charge in [-0.05, 0) is 36.8 Å². The van der Waals surface area contributed by atoms with Gasteiger partial charge in [0, 0.05) is 33.7 Å². The van der Waals surface area contributed by atoms with Crippen LogP contribution in [0.25, 0.3) is 31.7 Å². The van der Waals surface area contributed by atoms with E-state index in [1.165, 1.54) is 26.9 Å². The standard InChI is InChI=1S/C23H17ClN2S/c1-15-22(23-25-19-11-5-7-13-21(19)27-23)17-9-3-6-12-20(17)26(15)14-16-8-2-4-10-18(16)24/h2-13H,14H2,1H3. The molecule has 4 heteroatoms. The van der Waals surface area contributed by atoms with Crippen molar-refractivity contribution in [1.29, 1.82) is 0 Å². The molecule has 5 rings (SSSR count). The molecule has 2 heterocycles. The number of aromatic nitrogens is 2. The number of hydrogen-bond donors (Lipinski definition) is 0. The SMILES string of the molecule is Cc1c(-c2nc3ccccc3s2)c2ccccc2n1Cc1ccccc1Cl. The Morgan fingerprint density at radius 3 is 2.52 bits per heavy atom. The molecule has 132 valence electrons. The first kappa shape index (κ1) is 16.5. The lowest BCUT2D eigenvalue weighted by molar-refractivity contribution is 0.806. The van der Waals surface area contributed by atoms with Crippen molar-refractivity contribution in [3.05, 3.63) is 89.1 Å². The van der Waals surface area contributed by atoms with Gasteiger partial charge in [0.2, 0.25) is 0 Å². The second-order valence-corrected chi connectivity index (χ2v) is 8.08. The first-order valence-corrected chi connectivity index (χ1v) is 10.1. The smallest absolute Gasteiger partial charge is 0.127 e. The van der Waals surface area contributed by atoms with E-state index in [0.29, 0.717) is 0 Å². The molecule has 0 aliphatic heterocycles. The molecule has 0 amide bonds. The predicted molar refractivity (Wildman–Crippen MR) is 116 cm³/mol.